The Morgan fingerprint density at radius 1 is 1.17 bits per heavy atom. The Hall–Kier alpha value is -1.93. The molecule has 0 heterocycles. The van der Waals surface area contributed by atoms with Crippen LogP contribution in [-0.2, 0) is 19.1 Å². The second-order valence-electron chi connectivity index (χ2n) is 5.77. The van der Waals surface area contributed by atoms with E-state index in [9.17, 15) is 19.5 Å². The lowest BCUT2D eigenvalue weighted by atomic mass is 10.0. The highest BCUT2D eigenvalue weighted by Gasteiger charge is 2.36. The molecule has 7 nitrogen and oxygen atoms in total. The van der Waals surface area contributed by atoms with Gasteiger partial charge < -0.3 is 20.3 Å². The van der Waals surface area contributed by atoms with Crippen molar-refractivity contribution in [2.75, 3.05) is 0 Å². The molecular weight excluding hydrogens is 370 g/mol. The maximum atomic E-state index is 11.6. The summed E-state index contributed by atoms with van der Waals surface area (Å²) >= 11 is 3.32. The highest BCUT2D eigenvalue weighted by molar-refractivity contribution is 9.10. The Labute approximate surface area is 141 Å². The van der Waals surface area contributed by atoms with E-state index < -0.39 is 35.6 Å². The van der Waals surface area contributed by atoms with Gasteiger partial charge in [-0.05, 0) is 32.4 Å². The topological polar surface area (TPSA) is 113 Å². The number of nitrogens with one attached hydrogen (secondary N) is 1. The molecule has 8 heteroatoms. The Morgan fingerprint density at radius 2 is 1.74 bits per heavy atom. The fourth-order valence-corrected chi connectivity index (χ4v) is 2.38. The number of hydrogen-bond acceptors (Lipinski definition) is 4. The van der Waals surface area contributed by atoms with Gasteiger partial charge in [-0.15, -0.1) is 0 Å². The van der Waals surface area contributed by atoms with Crippen molar-refractivity contribution in [1.29, 1.82) is 0 Å². The fourth-order valence-electron chi connectivity index (χ4n) is 1.87. The standard InChI is InChI=1S/C15H18BrNO6/c1-15(2,3)23-11(8-6-4-5-7-9(8)16)10(13(19)20)17-12(18)14(21)22/h4-7,10-11H,1-3H3,(H,17,18)(H,19,20)(H,21,22)/t10-,11-/m0/s1. The molecule has 0 fully saturated rings. The van der Waals surface area contributed by atoms with E-state index in [1.165, 1.54) is 0 Å². The van der Waals surface area contributed by atoms with Crippen LogP contribution in [0.25, 0.3) is 0 Å². The van der Waals surface area contributed by atoms with Gasteiger partial charge in [0.2, 0.25) is 0 Å². The summed E-state index contributed by atoms with van der Waals surface area (Å²) in [6.07, 6.45) is -1.08. The van der Waals surface area contributed by atoms with E-state index in [1.54, 1.807) is 45.0 Å². The summed E-state index contributed by atoms with van der Waals surface area (Å²) in [5.41, 5.74) is -0.234. The summed E-state index contributed by atoms with van der Waals surface area (Å²) in [7, 11) is 0. The van der Waals surface area contributed by atoms with Crippen molar-refractivity contribution in [1.82, 2.24) is 5.32 Å². The number of carbonyl (C=O) groups is 3. The van der Waals surface area contributed by atoms with Crippen molar-refractivity contribution in [3.05, 3.63) is 34.3 Å². The van der Waals surface area contributed by atoms with Crippen molar-refractivity contribution in [2.24, 2.45) is 0 Å². The predicted octanol–water partition coefficient (Wildman–Crippen LogP) is 1.96. The van der Waals surface area contributed by atoms with Crippen molar-refractivity contribution < 1.29 is 29.3 Å². The molecule has 0 saturated heterocycles. The normalized spacial score (nSPS) is 13.9. The van der Waals surface area contributed by atoms with Gasteiger partial charge in [0.1, 0.15) is 6.10 Å². The lowest BCUT2D eigenvalue weighted by Crippen LogP contribution is -2.49. The molecule has 1 aromatic carbocycles. The molecule has 1 aromatic rings. The maximum Gasteiger partial charge on any atom is 0.394 e. The number of carboxylic acids is 2. The van der Waals surface area contributed by atoms with E-state index in [0.717, 1.165) is 0 Å². The summed E-state index contributed by atoms with van der Waals surface area (Å²) in [6.45, 7) is 5.19. The average Bonchev–Trinajstić information content (AvgIpc) is 2.41. The zero-order valence-electron chi connectivity index (χ0n) is 12.9. The third-order valence-corrected chi connectivity index (χ3v) is 3.46. The van der Waals surface area contributed by atoms with Gasteiger partial charge in [0.15, 0.2) is 6.04 Å². The molecule has 0 aliphatic rings. The van der Waals surface area contributed by atoms with E-state index in [2.05, 4.69) is 15.9 Å². The number of carboxylic acid groups (broad SMARTS) is 2. The lowest BCUT2D eigenvalue weighted by molar-refractivity contribution is -0.157. The highest BCUT2D eigenvalue weighted by Crippen LogP contribution is 2.32. The molecule has 0 aromatic heterocycles. The minimum absolute atomic E-state index is 0.487. The SMILES string of the molecule is CC(C)(C)O[C@@H](c1ccccc1Br)[C@H](NC(=O)C(=O)O)C(=O)O. The third kappa shape index (κ3) is 5.65. The van der Waals surface area contributed by atoms with Crippen molar-refractivity contribution in [3.8, 4) is 0 Å². The average molecular weight is 388 g/mol. The smallest absolute Gasteiger partial charge is 0.394 e. The minimum atomic E-state index is -1.77. The number of aliphatic carboxylic acids is 2. The molecule has 0 aliphatic carbocycles. The first-order valence-corrected chi connectivity index (χ1v) is 7.51. The second kappa shape index (κ2) is 7.56. The summed E-state index contributed by atoms with van der Waals surface area (Å²) in [6, 6.07) is 5.22. The Balaban J connectivity index is 3.29. The first-order chi connectivity index (χ1) is 10.5. The first-order valence-electron chi connectivity index (χ1n) is 6.72. The van der Waals surface area contributed by atoms with E-state index in [0.29, 0.717) is 10.0 Å². The molecule has 0 unspecified atom stereocenters. The Morgan fingerprint density at radius 3 is 2.17 bits per heavy atom. The van der Waals surface area contributed by atoms with Crippen molar-refractivity contribution in [2.45, 2.75) is 38.5 Å². The number of carbonyl (C=O) groups excluding carboxylic acids is 1. The summed E-state index contributed by atoms with van der Waals surface area (Å²) in [5.74, 6) is -4.57. The number of ether oxygens (including phenoxy) is 1. The van der Waals surface area contributed by atoms with Crippen LogP contribution in [0.5, 0.6) is 0 Å². The van der Waals surface area contributed by atoms with Gasteiger partial charge in [0.25, 0.3) is 0 Å². The number of benzene rings is 1. The van der Waals surface area contributed by atoms with Crippen LogP contribution >= 0.6 is 15.9 Å². The lowest BCUT2D eigenvalue weighted by Gasteiger charge is -2.32. The van der Waals surface area contributed by atoms with Crippen molar-refractivity contribution in [3.63, 3.8) is 0 Å². The van der Waals surface area contributed by atoms with Gasteiger partial charge >= 0.3 is 17.8 Å². The monoisotopic (exact) mass is 387 g/mol. The van der Waals surface area contributed by atoms with Gasteiger partial charge in [-0.2, -0.15) is 0 Å². The van der Waals surface area contributed by atoms with Crippen LogP contribution in [0.15, 0.2) is 28.7 Å². The summed E-state index contributed by atoms with van der Waals surface area (Å²) in [5, 5.41) is 20.1. The van der Waals surface area contributed by atoms with E-state index in [1.807, 2.05) is 5.32 Å². The van der Waals surface area contributed by atoms with Gasteiger partial charge in [-0.1, -0.05) is 34.1 Å². The van der Waals surface area contributed by atoms with Crippen LogP contribution in [0, 0.1) is 0 Å². The number of hydrogen-bond donors (Lipinski definition) is 3. The molecule has 2 atom stereocenters. The van der Waals surface area contributed by atoms with Gasteiger partial charge in [-0.25, -0.2) is 9.59 Å². The molecule has 0 saturated carbocycles. The molecule has 3 N–H and O–H groups in total. The van der Waals surface area contributed by atoms with E-state index in [4.69, 9.17) is 9.84 Å². The summed E-state index contributed by atoms with van der Waals surface area (Å²) < 4.78 is 6.38. The van der Waals surface area contributed by atoms with Gasteiger partial charge in [0, 0.05) is 4.47 Å². The fraction of sp³-hybridized carbons (Fsp3) is 0.400. The third-order valence-electron chi connectivity index (χ3n) is 2.74. The molecule has 1 rings (SSSR count). The number of halogens is 1. The molecule has 0 aliphatic heterocycles. The van der Waals surface area contributed by atoms with E-state index in [-0.39, 0.29) is 0 Å². The summed E-state index contributed by atoms with van der Waals surface area (Å²) in [4.78, 5) is 33.7. The highest BCUT2D eigenvalue weighted by atomic mass is 79.9. The van der Waals surface area contributed by atoms with Crippen LogP contribution in [0.2, 0.25) is 0 Å². The number of amides is 1. The second-order valence-corrected chi connectivity index (χ2v) is 6.62. The largest absolute Gasteiger partial charge is 0.480 e. The van der Waals surface area contributed by atoms with Gasteiger partial charge in [0.05, 0.1) is 5.60 Å². The van der Waals surface area contributed by atoms with Crippen LogP contribution in [0.3, 0.4) is 0 Å². The Kier molecular flexibility index (Phi) is 6.28. The molecule has 0 bridgehead atoms. The molecule has 0 radical (unpaired) electrons. The van der Waals surface area contributed by atoms with Gasteiger partial charge in [-0.3, -0.25) is 4.79 Å². The molecule has 0 spiro atoms. The zero-order chi connectivity index (χ0) is 17.8. The number of rotatable bonds is 5. The van der Waals surface area contributed by atoms with Crippen LogP contribution in [0.4, 0.5) is 0 Å². The first kappa shape index (κ1) is 19.1. The van der Waals surface area contributed by atoms with Crippen LogP contribution in [0.1, 0.15) is 32.4 Å². The maximum absolute atomic E-state index is 11.6. The quantitative estimate of drug-likeness (QED) is 0.665. The zero-order valence-corrected chi connectivity index (χ0v) is 14.5. The Bertz CT molecular complexity index is 610. The minimum Gasteiger partial charge on any atom is -0.480 e. The molecule has 1 amide bonds. The van der Waals surface area contributed by atoms with E-state index >= 15 is 0 Å². The molecule has 23 heavy (non-hydrogen) atoms. The predicted molar refractivity (Wildman–Crippen MR) is 84.9 cm³/mol. The molecular formula is C15H18BrNO6. The van der Waals surface area contributed by atoms with Crippen molar-refractivity contribution >= 4 is 33.8 Å². The molecule has 126 valence electrons. The van der Waals surface area contributed by atoms with Crippen LogP contribution in [-0.4, -0.2) is 39.7 Å². The van der Waals surface area contributed by atoms with Crippen LogP contribution < -0.4 is 5.32 Å².